The molecule has 0 aliphatic carbocycles. The maximum Gasteiger partial charge on any atom is 0.125 e. The number of aliphatic hydroxyl groups is 1. The molecule has 0 spiro atoms. The van der Waals surface area contributed by atoms with E-state index in [4.69, 9.17) is 9.47 Å². The fraction of sp³-hybridized carbons (Fsp3) is 0.778. The van der Waals surface area contributed by atoms with Crippen molar-refractivity contribution in [3.05, 3.63) is 11.8 Å². The molecular formula is C9H14O3. The summed E-state index contributed by atoms with van der Waals surface area (Å²) in [5, 5.41) is 10.1. The van der Waals surface area contributed by atoms with Gasteiger partial charge < -0.3 is 14.6 Å². The molecule has 2 aliphatic heterocycles. The predicted molar refractivity (Wildman–Crippen MR) is 43.7 cm³/mol. The molecule has 0 aromatic rings. The third-order valence-electron chi connectivity index (χ3n) is 2.48. The van der Waals surface area contributed by atoms with Crippen LogP contribution in [0.2, 0.25) is 0 Å². The van der Waals surface area contributed by atoms with E-state index in [0.29, 0.717) is 26.1 Å². The van der Waals surface area contributed by atoms with E-state index in [9.17, 15) is 5.11 Å². The molecule has 0 aromatic heterocycles. The molecule has 2 rings (SSSR count). The fourth-order valence-corrected chi connectivity index (χ4v) is 1.70. The molecule has 12 heavy (non-hydrogen) atoms. The van der Waals surface area contributed by atoms with Gasteiger partial charge in [-0.1, -0.05) is 0 Å². The molecule has 0 aromatic carbocycles. The van der Waals surface area contributed by atoms with Gasteiger partial charge in [0.15, 0.2) is 0 Å². The number of hydrogen-bond donors (Lipinski definition) is 1. The molecule has 0 atom stereocenters. The molecule has 1 fully saturated rings. The van der Waals surface area contributed by atoms with E-state index < -0.39 is 5.60 Å². The normalized spacial score (nSPS) is 27.9. The van der Waals surface area contributed by atoms with Crippen LogP contribution in [0.1, 0.15) is 19.3 Å². The second kappa shape index (κ2) is 3.07. The summed E-state index contributed by atoms with van der Waals surface area (Å²) >= 11 is 0. The average molecular weight is 170 g/mol. The van der Waals surface area contributed by atoms with E-state index >= 15 is 0 Å². The van der Waals surface area contributed by atoms with Crippen LogP contribution in [-0.2, 0) is 9.47 Å². The number of ether oxygens (including phenoxy) is 2. The molecule has 2 heterocycles. The molecule has 0 radical (unpaired) electrons. The molecule has 3 heteroatoms. The first-order chi connectivity index (χ1) is 5.81. The highest BCUT2D eigenvalue weighted by Crippen LogP contribution is 2.31. The van der Waals surface area contributed by atoms with Gasteiger partial charge in [-0.05, 0) is 6.08 Å². The first kappa shape index (κ1) is 8.08. The second-order valence-electron chi connectivity index (χ2n) is 3.35. The van der Waals surface area contributed by atoms with Crippen molar-refractivity contribution in [1.82, 2.24) is 0 Å². The highest BCUT2D eigenvalue weighted by atomic mass is 16.5. The van der Waals surface area contributed by atoms with Gasteiger partial charge in [0.05, 0.1) is 6.61 Å². The van der Waals surface area contributed by atoms with Gasteiger partial charge in [-0.15, -0.1) is 0 Å². The minimum Gasteiger partial charge on any atom is -0.495 e. The Kier molecular flexibility index (Phi) is 2.07. The van der Waals surface area contributed by atoms with Crippen molar-refractivity contribution >= 4 is 0 Å². The molecule has 1 N–H and O–H groups in total. The van der Waals surface area contributed by atoms with Gasteiger partial charge in [0.2, 0.25) is 0 Å². The standard InChI is InChI=1S/C9H14O3/c10-9(3-6-11-7-4-9)8-2-1-5-12-8/h2,10H,1,3-7H2. The van der Waals surface area contributed by atoms with E-state index in [0.717, 1.165) is 18.8 Å². The first-order valence-electron chi connectivity index (χ1n) is 4.45. The first-order valence-corrected chi connectivity index (χ1v) is 4.45. The average Bonchev–Trinajstić information content (AvgIpc) is 2.58. The van der Waals surface area contributed by atoms with Crippen molar-refractivity contribution in [2.75, 3.05) is 19.8 Å². The zero-order valence-electron chi connectivity index (χ0n) is 7.08. The van der Waals surface area contributed by atoms with Crippen LogP contribution in [0.4, 0.5) is 0 Å². The SMILES string of the molecule is OC1(C2=CCCO2)CCOCC1. The van der Waals surface area contributed by atoms with E-state index in [1.807, 2.05) is 6.08 Å². The van der Waals surface area contributed by atoms with Crippen LogP contribution in [0.5, 0.6) is 0 Å². The van der Waals surface area contributed by atoms with Crippen molar-refractivity contribution in [3.8, 4) is 0 Å². The largest absolute Gasteiger partial charge is 0.495 e. The van der Waals surface area contributed by atoms with Crippen LogP contribution in [0.25, 0.3) is 0 Å². The molecule has 68 valence electrons. The minimum absolute atomic E-state index is 0.636. The Morgan fingerprint density at radius 1 is 1.25 bits per heavy atom. The summed E-state index contributed by atoms with van der Waals surface area (Å²) in [7, 11) is 0. The smallest absolute Gasteiger partial charge is 0.125 e. The topological polar surface area (TPSA) is 38.7 Å². The lowest BCUT2D eigenvalue weighted by molar-refractivity contribution is -0.0665. The summed E-state index contributed by atoms with van der Waals surface area (Å²) in [5.74, 6) is 0.769. The van der Waals surface area contributed by atoms with Crippen LogP contribution < -0.4 is 0 Å². The summed E-state index contributed by atoms with van der Waals surface area (Å²) < 4.78 is 10.5. The van der Waals surface area contributed by atoms with Crippen LogP contribution in [0.3, 0.4) is 0 Å². The number of hydrogen-bond acceptors (Lipinski definition) is 3. The molecule has 0 amide bonds. The quantitative estimate of drug-likeness (QED) is 0.633. The third kappa shape index (κ3) is 1.34. The zero-order chi connectivity index (χ0) is 8.44. The van der Waals surface area contributed by atoms with Crippen LogP contribution >= 0.6 is 0 Å². The number of rotatable bonds is 1. The van der Waals surface area contributed by atoms with E-state index in [2.05, 4.69) is 0 Å². The Labute approximate surface area is 72.0 Å². The van der Waals surface area contributed by atoms with Gasteiger partial charge in [0.1, 0.15) is 11.4 Å². The lowest BCUT2D eigenvalue weighted by Gasteiger charge is -2.32. The Hall–Kier alpha value is -0.540. The highest BCUT2D eigenvalue weighted by molar-refractivity contribution is 5.13. The zero-order valence-corrected chi connectivity index (χ0v) is 7.08. The van der Waals surface area contributed by atoms with Gasteiger partial charge in [0, 0.05) is 32.5 Å². The maximum atomic E-state index is 10.1. The maximum absolute atomic E-state index is 10.1. The fourth-order valence-electron chi connectivity index (χ4n) is 1.70. The lowest BCUT2D eigenvalue weighted by Crippen LogP contribution is -2.38. The van der Waals surface area contributed by atoms with Gasteiger partial charge in [-0.3, -0.25) is 0 Å². The summed E-state index contributed by atoms with van der Waals surface area (Å²) in [6.07, 6.45) is 4.25. The second-order valence-corrected chi connectivity index (χ2v) is 3.35. The molecule has 3 nitrogen and oxygen atoms in total. The summed E-state index contributed by atoms with van der Waals surface area (Å²) in [6.45, 7) is 1.99. The van der Waals surface area contributed by atoms with Gasteiger partial charge >= 0.3 is 0 Å². The molecule has 0 saturated carbocycles. The lowest BCUT2D eigenvalue weighted by atomic mass is 9.92. The van der Waals surface area contributed by atoms with E-state index in [1.54, 1.807) is 0 Å². The molecule has 1 saturated heterocycles. The van der Waals surface area contributed by atoms with Crippen molar-refractivity contribution in [2.24, 2.45) is 0 Å². The Morgan fingerprint density at radius 3 is 2.58 bits per heavy atom. The van der Waals surface area contributed by atoms with Crippen LogP contribution in [-0.4, -0.2) is 30.5 Å². The Bertz CT molecular complexity index is 192. The third-order valence-corrected chi connectivity index (χ3v) is 2.48. The summed E-state index contributed by atoms with van der Waals surface area (Å²) in [6, 6.07) is 0. The van der Waals surface area contributed by atoms with Crippen molar-refractivity contribution in [1.29, 1.82) is 0 Å². The minimum atomic E-state index is -0.727. The molecular weight excluding hydrogens is 156 g/mol. The van der Waals surface area contributed by atoms with E-state index in [1.165, 1.54) is 0 Å². The predicted octanol–water partition coefficient (Wildman–Crippen LogP) is 0.832. The van der Waals surface area contributed by atoms with Crippen molar-refractivity contribution in [3.63, 3.8) is 0 Å². The molecule has 0 unspecified atom stereocenters. The summed E-state index contributed by atoms with van der Waals surface area (Å²) in [5.41, 5.74) is -0.727. The van der Waals surface area contributed by atoms with Crippen LogP contribution in [0.15, 0.2) is 11.8 Å². The van der Waals surface area contributed by atoms with Crippen molar-refractivity contribution in [2.45, 2.75) is 24.9 Å². The van der Waals surface area contributed by atoms with Crippen LogP contribution in [0, 0.1) is 0 Å². The Morgan fingerprint density at radius 2 is 2.00 bits per heavy atom. The summed E-state index contributed by atoms with van der Waals surface area (Å²) in [4.78, 5) is 0. The highest BCUT2D eigenvalue weighted by Gasteiger charge is 2.36. The van der Waals surface area contributed by atoms with E-state index in [-0.39, 0.29) is 0 Å². The molecule has 2 aliphatic rings. The monoisotopic (exact) mass is 170 g/mol. The van der Waals surface area contributed by atoms with Gasteiger partial charge in [-0.25, -0.2) is 0 Å². The van der Waals surface area contributed by atoms with Gasteiger partial charge in [0.25, 0.3) is 0 Å². The molecule has 0 bridgehead atoms. The van der Waals surface area contributed by atoms with Crippen molar-refractivity contribution < 1.29 is 14.6 Å². The van der Waals surface area contributed by atoms with Gasteiger partial charge in [-0.2, -0.15) is 0 Å². The Balaban J connectivity index is 2.07.